The highest BCUT2D eigenvalue weighted by Gasteiger charge is 2.21. The molecule has 1 N–H and O–H groups in total. The number of rotatable bonds is 2. The molecule has 0 unspecified atom stereocenters. The van der Waals surface area contributed by atoms with Gasteiger partial charge in [-0.3, -0.25) is 4.90 Å². The van der Waals surface area contributed by atoms with Crippen molar-refractivity contribution in [1.29, 1.82) is 0 Å². The monoisotopic (exact) mass is 276 g/mol. The Labute approximate surface area is 125 Å². The number of hydrogen-bond donors (Lipinski definition) is 1. The van der Waals surface area contributed by atoms with Gasteiger partial charge < -0.3 is 4.98 Å². The summed E-state index contributed by atoms with van der Waals surface area (Å²) in [5.41, 5.74) is 7.09. The molecule has 1 aliphatic heterocycles. The fourth-order valence-electron chi connectivity index (χ4n) is 3.50. The molecule has 1 aliphatic rings. The van der Waals surface area contributed by atoms with Gasteiger partial charge >= 0.3 is 0 Å². The van der Waals surface area contributed by atoms with Gasteiger partial charge in [0.15, 0.2) is 0 Å². The molecular formula is C19H20N2. The first kappa shape index (κ1) is 12.7. The fraction of sp³-hybridized carbons (Fsp3) is 0.263. The van der Waals surface area contributed by atoms with E-state index in [4.69, 9.17) is 0 Å². The molecule has 0 fully saturated rings. The molecule has 0 bridgehead atoms. The second-order valence-electron chi connectivity index (χ2n) is 5.81. The topological polar surface area (TPSA) is 19.0 Å². The lowest BCUT2D eigenvalue weighted by atomic mass is 9.89. The molecule has 0 amide bonds. The average molecular weight is 276 g/mol. The van der Waals surface area contributed by atoms with E-state index in [0.717, 1.165) is 26.1 Å². The van der Waals surface area contributed by atoms with E-state index in [1.165, 1.54) is 33.2 Å². The molecule has 106 valence electrons. The highest BCUT2D eigenvalue weighted by Crippen LogP contribution is 2.35. The Kier molecular flexibility index (Phi) is 3.04. The van der Waals surface area contributed by atoms with Crippen LogP contribution in [0, 0.1) is 0 Å². The van der Waals surface area contributed by atoms with E-state index in [9.17, 15) is 0 Å². The van der Waals surface area contributed by atoms with Gasteiger partial charge in [-0.2, -0.15) is 0 Å². The molecule has 0 saturated heterocycles. The number of H-pyrrole nitrogens is 1. The Morgan fingerprint density at radius 1 is 1.10 bits per heavy atom. The van der Waals surface area contributed by atoms with Crippen molar-refractivity contribution in [3.8, 4) is 11.1 Å². The minimum Gasteiger partial charge on any atom is -0.361 e. The maximum Gasteiger partial charge on any atom is 0.0502 e. The first-order chi connectivity index (χ1) is 10.4. The first-order valence-corrected chi connectivity index (χ1v) is 7.76. The third kappa shape index (κ3) is 2.07. The van der Waals surface area contributed by atoms with Crippen molar-refractivity contribution in [2.45, 2.75) is 19.9 Å². The van der Waals surface area contributed by atoms with E-state index in [0.29, 0.717) is 0 Å². The summed E-state index contributed by atoms with van der Waals surface area (Å²) in [5, 5.41) is 1.32. The maximum atomic E-state index is 3.44. The summed E-state index contributed by atoms with van der Waals surface area (Å²) in [6, 6.07) is 15.3. The van der Waals surface area contributed by atoms with Gasteiger partial charge in [0.2, 0.25) is 0 Å². The minimum atomic E-state index is 1.06. The van der Waals surface area contributed by atoms with Crippen LogP contribution in [0.3, 0.4) is 0 Å². The van der Waals surface area contributed by atoms with E-state index in [-0.39, 0.29) is 0 Å². The number of nitrogens with zero attached hydrogens (tertiary/aromatic N) is 1. The third-order valence-corrected chi connectivity index (χ3v) is 4.66. The van der Waals surface area contributed by atoms with Crippen molar-refractivity contribution in [3.63, 3.8) is 0 Å². The highest BCUT2D eigenvalue weighted by atomic mass is 15.1. The van der Waals surface area contributed by atoms with Crippen LogP contribution < -0.4 is 0 Å². The van der Waals surface area contributed by atoms with Crippen LogP contribution in [0.15, 0.2) is 48.7 Å². The van der Waals surface area contributed by atoms with Crippen molar-refractivity contribution in [2.24, 2.45) is 0 Å². The van der Waals surface area contributed by atoms with Crippen molar-refractivity contribution in [2.75, 3.05) is 13.1 Å². The number of hydrogen-bond acceptors (Lipinski definition) is 1. The molecule has 2 heteroatoms. The Hall–Kier alpha value is -2.06. The predicted octanol–water partition coefficient (Wildman–Crippen LogP) is 4.21. The van der Waals surface area contributed by atoms with Gasteiger partial charge in [-0.25, -0.2) is 0 Å². The zero-order chi connectivity index (χ0) is 14.2. The molecular weight excluding hydrogens is 256 g/mol. The molecule has 0 aliphatic carbocycles. The zero-order valence-electron chi connectivity index (χ0n) is 12.4. The van der Waals surface area contributed by atoms with E-state index < -0.39 is 0 Å². The summed E-state index contributed by atoms with van der Waals surface area (Å²) in [4.78, 5) is 5.97. The Balaban J connectivity index is 1.96. The zero-order valence-corrected chi connectivity index (χ0v) is 12.4. The lowest BCUT2D eigenvalue weighted by molar-refractivity contribution is 0.269. The second-order valence-corrected chi connectivity index (χ2v) is 5.81. The number of aromatic nitrogens is 1. The highest BCUT2D eigenvalue weighted by molar-refractivity contribution is 5.90. The van der Waals surface area contributed by atoms with Crippen LogP contribution in [0.1, 0.15) is 18.1 Å². The van der Waals surface area contributed by atoms with Crippen molar-refractivity contribution >= 4 is 10.9 Å². The summed E-state index contributed by atoms with van der Waals surface area (Å²) in [7, 11) is 0. The van der Waals surface area contributed by atoms with E-state index >= 15 is 0 Å². The standard InChI is InChI=1S/C19H20N2/c1-2-21-11-9-16-17(14-6-4-3-5-7-14)12-15-8-10-20-19(15)18(16)13-21/h3-8,10,12,20H,2,9,11,13H2,1H3. The molecule has 0 spiro atoms. The molecule has 21 heavy (non-hydrogen) atoms. The lowest BCUT2D eigenvalue weighted by Crippen LogP contribution is -2.30. The first-order valence-electron chi connectivity index (χ1n) is 7.76. The summed E-state index contributed by atoms with van der Waals surface area (Å²) < 4.78 is 0. The minimum absolute atomic E-state index is 1.06. The number of likely N-dealkylation sites (N-methyl/N-ethyl adjacent to an activating group) is 1. The Morgan fingerprint density at radius 2 is 1.95 bits per heavy atom. The molecule has 0 saturated carbocycles. The van der Waals surface area contributed by atoms with Crippen LogP contribution in [0.5, 0.6) is 0 Å². The van der Waals surface area contributed by atoms with Crippen LogP contribution >= 0.6 is 0 Å². The Morgan fingerprint density at radius 3 is 2.76 bits per heavy atom. The summed E-state index contributed by atoms with van der Waals surface area (Å²) in [6.07, 6.45) is 3.20. The quantitative estimate of drug-likeness (QED) is 0.742. The molecule has 2 aromatic carbocycles. The van der Waals surface area contributed by atoms with Crippen LogP contribution in [0.2, 0.25) is 0 Å². The molecule has 3 aromatic rings. The van der Waals surface area contributed by atoms with E-state index in [1.807, 2.05) is 0 Å². The maximum absolute atomic E-state index is 3.44. The molecule has 2 heterocycles. The Bertz CT molecular complexity index is 771. The van der Waals surface area contributed by atoms with Crippen LogP contribution in [-0.4, -0.2) is 23.0 Å². The second kappa shape index (κ2) is 5.05. The number of fused-ring (bicyclic) bond motifs is 3. The SMILES string of the molecule is CCN1CCc2c(-c3ccccc3)cc3cc[nH]c3c2C1. The number of benzene rings is 2. The van der Waals surface area contributed by atoms with Crippen LogP contribution in [-0.2, 0) is 13.0 Å². The van der Waals surface area contributed by atoms with E-state index in [1.54, 1.807) is 0 Å². The summed E-state index contributed by atoms with van der Waals surface area (Å²) in [5.74, 6) is 0. The van der Waals surface area contributed by atoms with Crippen molar-refractivity contribution in [3.05, 3.63) is 59.8 Å². The van der Waals surface area contributed by atoms with Gasteiger partial charge in [-0.1, -0.05) is 37.3 Å². The van der Waals surface area contributed by atoms with Gasteiger partial charge in [0.1, 0.15) is 0 Å². The molecule has 2 nitrogen and oxygen atoms in total. The summed E-state index contributed by atoms with van der Waals surface area (Å²) >= 11 is 0. The third-order valence-electron chi connectivity index (χ3n) is 4.66. The van der Waals surface area contributed by atoms with Crippen molar-refractivity contribution in [1.82, 2.24) is 9.88 Å². The van der Waals surface area contributed by atoms with E-state index in [2.05, 4.69) is 65.5 Å². The van der Waals surface area contributed by atoms with Gasteiger partial charge in [0, 0.05) is 24.7 Å². The molecule has 1 aromatic heterocycles. The van der Waals surface area contributed by atoms with Crippen LogP contribution in [0.25, 0.3) is 22.0 Å². The van der Waals surface area contributed by atoms with Gasteiger partial charge in [0.25, 0.3) is 0 Å². The molecule has 0 radical (unpaired) electrons. The smallest absolute Gasteiger partial charge is 0.0502 e. The molecule has 4 rings (SSSR count). The molecule has 0 atom stereocenters. The van der Waals surface area contributed by atoms with Gasteiger partial charge in [-0.05, 0) is 47.4 Å². The van der Waals surface area contributed by atoms with Crippen LogP contribution in [0.4, 0.5) is 0 Å². The van der Waals surface area contributed by atoms with Gasteiger partial charge in [0.05, 0.1) is 5.52 Å². The summed E-state index contributed by atoms with van der Waals surface area (Å²) in [6.45, 7) is 5.59. The normalized spacial score (nSPS) is 15.3. The number of aromatic amines is 1. The fourth-order valence-corrected chi connectivity index (χ4v) is 3.50. The van der Waals surface area contributed by atoms with Gasteiger partial charge in [-0.15, -0.1) is 0 Å². The lowest BCUT2D eigenvalue weighted by Gasteiger charge is -2.29. The predicted molar refractivity (Wildman–Crippen MR) is 88.4 cm³/mol. The largest absolute Gasteiger partial charge is 0.361 e. The average Bonchev–Trinajstić information content (AvgIpc) is 3.03. The number of nitrogens with one attached hydrogen (secondary N) is 1. The van der Waals surface area contributed by atoms with Crippen molar-refractivity contribution < 1.29 is 0 Å².